The number of carbonyl (C=O) groups excluding carboxylic acids is 4. The summed E-state index contributed by atoms with van der Waals surface area (Å²) < 4.78 is 29.2. The molecule has 2 aromatic rings. The van der Waals surface area contributed by atoms with Gasteiger partial charge in [0.25, 0.3) is 11.8 Å². The summed E-state index contributed by atoms with van der Waals surface area (Å²) in [4.78, 5) is 51.3. The molecule has 36 heavy (non-hydrogen) atoms. The van der Waals surface area contributed by atoms with Gasteiger partial charge in [0.05, 0.1) is 15.7 Å². The molecule has 0 aliphatic carbocycles. The van der Waals surface area contributed by atoms with Gasteiger partial charge in [-0.3, -0.25) is 19.2 Å². The molecule has 0 aromatic heterocycles. The van der Waals surface area contributed by atoms with Gasteiger partial charge in [0.2, 0.25) is 19.8 Å². The number of fused-ring (bicyclic) bond motifs is 1. The Labute approximate surface area is 215 Å². The molecule has 14 heteroatoms. The first-order valence-electron chi connectivity index (χ1n) is 10.6. The molecular formula is C22H14B4ClF2N3O4. The van der Waals surface area contributed by atoms with Crippen molar-refractivity contribution in [1.82, 2.24) is 15.0 Å². The van der Waals surface area contributed by atoms with Gasteiger partial charge in [-0.2, -0.15) is 8.78 Å². The number of imide groups is 1. The average molecular weight is 501 g/mol. The second kappa shape index (κ2) is 9.10. The Morgan fingerprint density at radius 1 is 1.14 bits per heavy atom. The Morgan fingerprint density at radius 3 is 2.42 bits per heavy atom. The molecule has 0 saturated carbocycles. The van der Waals surface area contributed by atoms with Crippen LogP contribution in [-0.4, -0.2) is 70.9 Å². The van der Waals surface area contributed by atoms with E-state index in [2.05, 4.69) is 5.32 Å². The number of alkyl halides is 2. The molecule has 1 fully saturated rings. The van der Waals surface area contributed by atoms with E-state index in [-0.39, 0.29) is 22.7 Å². The van der Waals surface area contributed by atoms with Crippen LogP contribution in [0.15, 0.2) is 42.5 Å². The summed E-state index contributed by atoms with van der Waals surface area (Å²) >= 11 is 5.71. The summed E-state index contributed by atoms with van der Waals surface area (Å²) in [5.74, 6) is -9.18. The van der Waals surface area contributed by atoms with E-state index < -0.39 is 58.7 Å². The number of hydrogen-bond acceptors (Lipinski definition) is 4. The fourth-order valence-corrected chi connectivity index (χ4v) is 4.35. The fourth-order valence-electron chi connectivity index (χ4n) is 4.22. The molecule has 2 heterocycles. The van der Waals surface area contributed by atoms with Crippen LogP contribution < -0.4 is 5.32 Å². The van der Waals surface area contributed by atoms with Crippen molar-refractivity contribution in [3.8, 4) is 0 Å². The van der Waals surface area contributed by atoms with E-state index in [0.29, 0.717) is 10.4 Å². The molecule has 0 spiro atoms. The lowest BCUT2D eigenvalue weighted by Gasteiger charge is -2.45. The molecule has 2 aromatic carbocycles. The second-order valence-corrected chi connectivity index (χ2v) is 9.11. The van der Waals surface area contributed by atoms with Gasteiger partial charge < -0.3 is 15.0 Å². The molecular weight excluding hydrogens is 487 g/mol. The minimum Gasteiger partial charge on any atom is -0.352 e. The zero-order valence-electron chi connectivity index (χ0n) is 18.6. The van der Waals surface area contributed by atoms with Gasteiger partial charge in [0.15, 0.2) is 0 Å². The van der Waals surface area contributed by atoms with Gasteiger partial charge in [0, 0.05) is 35.1 Å². The third-order valence-corrected chi connectivity index (χ3v) is 6.37. The maximum Gasteiger partial charge on any atom is 0.349 e. The molecule has 2 aliphatic heterocycles. The topological polar surface area (TPSA) is 86.8 Å². The number of piperidine rings is 1. The van der Waals surface area contributed by atoms with E-state index in [1.165, 1.54) is 30.3 Å². The molecule has 8 radical (unpaired) electrons. The lowest BCUT2D eigenvalue weighted by atomic mass is 9.47. The van der Waals surface area contributed by atoms with Crippen molar-refractivity contribution in [1.29, 1.82) is 0 Å². The Balaban J connectivity index is 1.53. The number of carbonyl (C=O) groups is 4. The Morgan fingerprint density at radius 2 is 1.78 bits per heavy atom. The minimum atomic E-state index is -3.88. The van der Waals surface area contributed by atoms with Crippen molar-refractivity contribution in [2.75, 3.05) is 0 Å². The first-order valence-corrected chi connectivity index (χ1v) is 11.0. The molecule has 174 valence electrons. The summed E-state index contributed by atoms with van der Waals surface area (Å²) in [6.07, 6.45) is -0.468. The first kappa shape index (κ1) is 26.0. The highest BCUT2D eigenvalue weighted by Gasteiger charge is 2.50. The second-order valence-electron chi connectivity index (χ2n) is 8.68. The largest absolute Gasteiger partial charge is 0.352 e. The van der Waals surface area contributed by atoms with E-state index in [4.69, 9.17) is 43.1 Å². The van der Waals surface area contributed by atoms with Crippen LogP contribution in [0.1, 0.15) is 39.4 Å². The molecule has 7 nitrogen and oxygen atoms in total. The number of hydrogen-bond donors (Lipinski definition) is 1. The van der Waals surface area contributed by atoms with Gasteiger partial charge in [-0.1, -0.05) is 41.1 Å². The third-order valence-electron chi connectivity index (χ3n) is 6.12. The van der Waals surface area contributed by atoms with Crippen LogP contribution in [0.3, 0.4) is 0 Å². The maximum absolute atomic E-state index is 14.6. The predicted octanol–water partition coefficient (Wildman–Crippen LogP) is 1.04. The van der Waals surface area contributed by atoms with Gasteiger partial charge in [-0.15, -0.1) is 0 Å². The lowest BCUT2D eigenvalue weighted by Crippen LogP contribution is -2.60. The highest BCUT2D eigenvalue weighted by molar-refractivity contribution is 6.45. The Hall–Kier alpha value is -3.07. The summed E-state index contributed by atoms with van der Waals surface area (Å²) in [7, 11) is 23.4. The molecule has 1 N–H and O–H groups in total. The minimum absolute atomic E-state index is 0.141. The smallest absolute Gasteiger partial charge is 0.349 e. The van der Waals surface area contributed by atoms with E-state index in [0.717, 1.165) is 17.0 Å². The van der Waals surface area contributed by atoms with Crippen molar-refractivity contribution in [3.63, 3.8) is 0 Å². The van der Waals surface area contributed by atoms with Crippen LogP contribution in [0.5, 0.6) is 0 Å². The number of nitrogens with one attached hydrogen (secondary N) is 1. The number of halogens is 3. The predicted molar refractivity (Wildman–Crippen MR) is 129 cm³/mol. The molecule has 2 atom stereocenters. The van der Waals surface area contributed by atoms with E-state index in [1.807, 2.05) is 0 Å². The Bertz CT molecular complexity index is 1280. The van der Waals surface area contributed by atoms with Gasteiger partial charge >= 0.3 is 5.92 Å². The number of rotatable bonds is 5. The summed E-state index contributed by atoms with van der Waals surface area (Å²) in [6, 6.07) is 7.29. The third kappa shape index (κ3) is 4.45. The molecule has 4 rings (SSSR count). The monoisotopic (exact) mass is 501 g/mol. The summed E-state index contributed by atoms with van der Waals surface area (Å²) in [5, 5.41) is 0.433. The van der Waals surface area contributed by atoms with Crippen LogP contribution in [0.2, 0.25) is 10.2 Å². The van der Waals surface area contributed by atoms with Crippen LogP contribution in [0, 0.1) is 0 Å². The lowest BCUT2D eigenvalue weighted by molar-refractivity contribution is -0.147. The van der Waals surface area contributed by atoms with Crippen LogP contribution in [0.4, 0.5) is 8.78 Å². The van der Waals surface area contributed by atoms with Gasteiger partial charge in [-0.25, -0.2) is 0 Å². The van der Waals surface area contributed by atoms with Crippen molar-refractivity contribution in [2.24, 2.45) is 0 Å². The molecule has 2 unspecified atom stereocenters. The van der Waals surface area contributed by atoms with Crippen LogP contribution >= 0.6 is 11.6 Å². The SMILES string of the molecule is [B]C(NC(=O)C(F)(F)c1ccc(Cl)cc1)c1ccc2c(c1)CN(C1C(=O)N([B])C(=O)CC1([B])[B])C2=O. The first-order chi connectivity index (χ1) is 16.7. The van der Waals surface area contributed by atoms with E-state index in [9.17, 15) is 28.0 Å². The van der Waals surface area contributed by atoms with Crippen molar-refractivity contribution < 1.29 is 28.0 Å². The zero-order valence-corrected chi connectivity index (χ0v) is 19.3. The molecule has 2 aliphatic rings. The molecule has 0 bridgehead atoms. The van der Waals surface area contributed by atoms with Crippen molar-refractivity contribution >= 4 is 66.7 Å². The van der Waals surface area contributed by atoms with E-state index in [1.54, 1.807) is 0 Å². The average Bonchev–Trinajstić information content (AvgIpc) is 3.12. The van der Waals surface area contributed by atoms with Gasteiger partial charge in [0.1, 0.15) is 13.9 Å². The highest BCUT2D eigenvalue weighted by Crippen LogP contribution is 2.40. The fraction of sp³-hybridized carbons (Fsp3) is 0.273. The Kier molecular flexibility index (Phi) is 6.58. The molecule has 1 saturated heterocycles. The number of nitrogens with zero attached hydrogens (tertiary/aromatic N) is 2. The van der Waals surface area contributed by atoms with Crippen molar-refractivity contribution in [3.05, 3.63) is 69.7 Å². The number of amides is 4. The highest BCUT2D eigenvalue weighted by atomic mass is 35.5. The standard InChI is InChI=1S/C22H14B4ClF2N3O4/c23-17(30-20(36)22(28,29)12-2-4-13(27)5-3-12)10-1-6-14-11(7-10)9-31(18(14)34)16-19(35)32(26)15(33)8-21(16,24)25/h1-7,16-17H,8-9H2,(H,30,36). The van der Waals surface area contributed by atoms with E-state index >= 15 is 0 Å². The van der Waals surface area contributed by atoms with Crippen LogP contribution in [-0.2, 0) is 26.9 Å². The maximum atomic E-state index is 14.6. The quantitative estimate of drug-likeness (QED) is 0.491. The van der Waals surface area contributed by atoms with Crippen molar-refractivity contribution in [2.45, 2.75) is 36.1 Å². The summed E-state index contributed by atoms with van der Waals surface area (Å²) in [6.45, 7) is -0.141. The zero-order chi connectivity index (χ0) is 26.6. The normalized spacial score (nSPS) is 20.3. The molecule has 4 amide bonds. The van der Waals surface area contributed by atoms with Gasteiger partial charge in [-0.05, 0) is 29.3 Å². The van der Waals surface area contributed by atoms with Crippen LogP contribution in [0.25, 0.3) is 0 Å². The summed E-state index contributed by atoms with van der Waals surface area (Å²) in [5.41, 5.74) is 0.230. The number of benzene rings is 2.